The molecule has 0 aliphatic carbocycles. The van der Waals surface area contributed by atoms with E-state index in [1.807, 2.05) is 0 Å². The average molecular weight is 416 g/mol. The summed E-state index contributed by atoms with van der Waals surface area (Å²) in [7, 11) is -3.77. The maximum absolute atomic E-state index is 12.5. The molecular weight excluding hydrogens is 402 g/mol. The predicted octanol–water partition coefficient (Wildman–Crippen LogP) is 4.10. The fraction of sp³-hybridized carbons (Fsp3) is 0. The van der Waals surface area contributed by atoms with Crippen molar-refractivity contribution in [2.24, 2.45) is 0 Å². The summed E-state index contributed by atoms with van der Waals surface area (Å²) in [5.74, 6) is 0.847. The van der Waals surface area contributed by atoms with E-state index in [-0.39, 0.29) is 10.6 Å². The monoisotopic (exact) mass is 415 g/mol. The molecule has 3 N–H and O–H groups in total. The molecule has 0 saturated heterocycles. The molecule has 1 heterocycles. The van der Waals surface area contributed by atoms with Gasteiger partial charge in [-0.05, 0) is 48.5 Å². The second-order valence-electron chi connectivity index (χ2n) is 5.95. The Kier molecular flexibility index (Phi) is 4.58. The summed E-state index contributed by atoms with van der Waals surface area (Å²) in [6.45, 7) is 0. The maximum atomic E-state index is 12.5. The molecule has 0 unspecified atom stereocenters. The van der Waals surface area contributed by atoms with Crippen LogP contribution in [0, 0.1) is 0 Å². The number of halogens is 1. The lowest BCUT2D eigenvalue weighted by Gasteiger charge is -2.11. The van der Waals surface area contributed by atoms with Crippen LogP contribution in [-0.2, 0) is 10.0 Å². The van der Waals surface area contributed by atoms with Gasteiger partial charge in [0.05, 0.1) is 16.1 Å². The molecule has 142 valence electrons. The quantitative estimate of drug-likeness (QED) is 0.456. The van der Waals surface area contributed by atoms with Crippen molar-refractivity contribution in [3.8, 4) is 11.5 Å². The highest BCUT2D eigenvalue weighted by Crippen LogP contribution is 2.29. The van der Waals surface area contributed by atoms with Crippen LogP contribution in [0.5, 0.6) is 11.5 Å². The normalized spacial score (nSPS) is 11.5. The van der Waals surface area contributed by atoms with E-state index in [2.05, 4.69) is 14.7 Å². The maximum Gasteiger partial charge on any atom is 0.323 e. The molecule has 0 amide bonds. The SMILES string of the molecule is O=c1[nH]c2cccc(Oc3cccc(NS(=O)(=O)c4ccc(Cl)cc4)c3)c2[nH]1. The third kappa shape index (κ3) is 3.73. The second kappa shape index (κ2) is 7.06. The first kappa shape index (κ1) is 18.1. The van der Waals surface area contributed by atoms with Crippen molar-refractivity contribution in [2.45, 2.75) is 4.90 Å². The molecule has 9 heteroatoms. The van der Waals surface area contributed by atoms with E-state index >= 15 is 0 Å². The first-order chi connectivity index (χ1) is 13.4. The minimum absolute atomic E-state index is 0.0953. The van der Waals surface area contributed by atoms with Crippen LogP contribution in [0.4, 0.5) is 5.69 Å². The third-order valence-corrected chi connectivity index (χ3v) is 5.60. The second-order valence-corrected chi connectivity index (χ2v) is 8.07. The lowest BCUT2D eigenvalue weighted by molar-refractivity contribution is 0.487. The zero-order chi connectivity index (χ0) is 19.7. The summed E-state index contributed by atoms with van der Waals surface area (Å²) < 4.78 is 33.4. The Morgan fingerprint density at radius 2 is 1.68 bits per heavy atom. The molecule has 0 fully saturated rings. The third-order valence-electron chi connectivity index (χ3n) is 3.95. The van der Waals surface area contributed by atoms with Gasteiger partial charge in [0.2, 0.25) is 0 Å². The van der Waals surface area contributed by atoms with Gasteiger partial charge in [0, 0.05) is 11.1 Å². The van der Waals surface area contributed by atoms with Gasteiger partial charge in [0.15, 0.2) is 5.75 Å². The molecule has 7 nitrogen and oxygen atoms in total. The van der Waals surface area contributed by atoms with Crippen LogP contribution < -0.4 is 15.1 Å². The summed E-state index contributed by atoms with van der Waals surface area (Å²) >= 11 is 5.81. The molecule has 28 heavy (non-hydrogen) atoms. The molecule has 3 aromatic carbocycles. The predicted molar refractivity (Wildman–Crippen MR) is 108 cm³/mol. The molecule has 0 saturated carbocycles. The molecule has 0 spiro atoms. The molecule has 4 aromatic rings. The summed E-state index contributed by atoms with van der Waals surface area (Å²) in [5.41, 5.74) is 1.14. The summed E-state index contributed by atoms with van der Waals surface area (Å²) in [4.78, 5) is 16.9. The first-order valence-corrected chi connectivity index (χ1v) is 10.0. The van der Waals surface area contributed by atoms with Crippen LogP contribution in [0.15, 0.2) is 76.4 Å². The Morgan fingerprint density at radius 1 is 0.929 bits per heavy atom. The van der Waals surface area contributed by atoms with Crippen molar-refractivity contribution in [1.29, 1.82) is 0 Å². The molecular formula is C19H14ClN3O4S. The zero-order valence-corrected chi connectivity index (χ0v) is 15.8. The van der Waals surface area contributed by atoms with E-state index < -0.39 is 10.0 Å². The standard InChI is InChI=1S/C19H14ClN3O4S/c20-12-7-9-15(10-8-12)28(25,26)23-13-3-1-4-14(11-13)27-17-6-2-5-16-18(17)22-19(24)21-16/h1-11,23H,(H2,21,22,24). The number of sulfonamides is 1. The number of anilines is 1. The molecule has 0 bridgehead atoms. The van der Waals surface area contributed by atoms with Crippen LogP contribution in [-0.4, -0.2) is 18.4 Å². The first-order valence-electron chi connectivity index (χ1n) is 8.18. The van der Waals surface area contributed by atoms with Crippen molar-refractivity contribution in [1.82, 2.24) is 9.97 Å². The number of rotatable bonds is 5. The van der Waals surface area contributed by atoms with Crippen LogP contribution in [0.25, 0.3) is 11.0 Å². The number of benzene rings is 3. The van der Waals surface area contributed by atoms with E-state index in [1.54, 1.807) is 42.5 Å². The summed E-state index contributed by atoms with van der Waals surface area (Å²) in [6.07, 6.45) is 0. The van der Waals surface area contributed by atoms with Gasteiger partial charge in [-0.25, -0.2) is 13.2 Å². The number of ether oxygens (including phenoxy) is 1. The largest absolute Gasteiger partial charge is 0.455 e. The zero-order valence-electron chi connectivity index (χ0n) is 14.3. The summed E-state index contributed by atoms with van der Waals surface area (Å²) in [5, 5.41) is 0.450. The van der Waals surface area contributed by atoms with Gasteiger partial charge >= 0.3 is 5.69 Å². The number of H-pyrrole nitrogens is 2. The van der Waals surface area contributed by atoms with E-state index in [0.717, 1.165) is 0 Å². The van der Waals surface area contributed by atoms with Gasteiger partial charge in [-0.1, -0.05) is 23.7 Å². The highest BCUT2D eigenvalue weighted by atomic mass is 35.5. The molecule has 4 rings (SSSR count). The highest BCUT2D eigenvalue weighted by Gasteiger charge is 2.14. The number of imidazole rings is 1. The van der Waals surface area contributed by atoms with Crippen LogP contribution >= 0.6 is 11.6 Å². The number of para-hydroxylation sites is 1. The van der Waals surface area contributed by atoms with E-state index in [1.165, 1.54) is 24.3 Å². The number of aromatic amines is 2. The van der Waals surface area contributed by atoms with Crippen LogP contribution in [0.1, 0.15) is 0 Å². The fourth-order valence-electron chi connectivity index (χ4n) is 2.69. The van der Waals surface area contributed by atoms with Crippen molar-refractivity contribution in [3.63, 3.8) is 0 Å². The minimum atomic E-state index is -3.77. The average Bonchev–Trinajstić information content (AvgIpc) is 3.03. The summed E-state index contributed by atoms with van der Waals surface area (Å²) in [6, 6.07) is 17.6. The van der Waals surface area contributed by atoms with Gasteiger partial charge in [0.25, 0.3) is 10.0 Å². The number of fused-ring (bicyclic) bond motifs is 1. The lowest BCUT2D eigenvalue weighted by atomic mass is 10.3. The van der Waals surface area contributed by atoms with E-state index in [0.29, 0.717) is 33.2 Å². The van der Waals surface area contributed by atoms with Gasteiger partial charge in [-0.2, -0.15) is 0 Å². The smallest absolute Gasteiger partial charge is 0.323 e. The lowest BCUT2D eigenvalue weighted by Crippen LogP contribution is -2.12. The van der Waals surface area contributed by atoms with Crippen molar-refractivity contribution < 1.29 is 13.2 Å². The fourth-order valence-corrected chi connectivity index (χ4v) is 3.87. The highest BCUT2D eigenvalue weighted by molar-refractivity contribution is 7.92. The van der Waals surface area contributed by atoms with Gasteiger partial charge in [-0.15, -0.1) is 0 Å². The molecule has 0 radical (unpaired) electrons. The number of hydrogen-bond acceptors (Lipinski definition) is 4. The van der Waals surface area contributed by atoms with Gasteiger partial charge in [-0.3, -0.25) is 4.72 Å². The minimum Gasteiger partial charge on any atom is -0.455 e. The topological polar surface area (TPSA) is 104 Å². The number of aromatic nitrogens is 2. The van der Waals surface area contributed by atoms with Crippen LogP contribution in [0.3, 0.4) is 0 Å². The van der Waals surface area contributed by atoms with Crippen LogP contribution in [0.2, 0.25) is 5.02 Å². The molecule has 0 atom stereocenters. The molecule has 0 aliphatic rings. The Bertz CT molecular complexity index is 1310. The van der Waals surface area contributed by atoms with Crippen molar-refractivity contribution in [2.75, 3.05) is 4.72 Å². The Hall–Kier alpha value is -3.23. The molecule has 0 aliphatic heterocycles. The van der Waals surface area contributed by atoms with Gasteiger partial charge < -0.3 is 14.7 Å². The number of nitrogens with one attached hydrogen (secondary N) is 3. The van der Waals surface area contributed by atoms with Gasteiger partial charge in [0.1, 0.15) is 11.3 Å². The Labute approximate surface area is 165 Å². The molecule has 1 aromatic heterocycles. The number of hydrogen-bond donors (Lipinski definition) is 3. The Balaban J connectivity index is 1.61. The van der Waals surface area contributed by atoms with E-state index in [9.17, 15) is 13.2 Å². The van der Waals surface area contributed by atoms with Crippen molar-refractivity contribution >= 4 is 38.3 Å². The van der Waals surface area contributed by atoms with Crippen molar-refractivity contribution in [3.05, 3.63) is 82.2 Å². The van der Waals surface area contributed by atoms with E-state index in [4.69, 9.17) is 16.3 Å². The Morgan fingerprint density at radius 3 is 2.46 bits per heavy atom.